The molecule has 1 aromatic carbocycles. The van der Waals surface area contributed by atoms with Crippen LogP contribution < -0.4 is 14.2 Å². The molecule has 1 rings (SSSR count). The molecule has 0 unspecified atom stereocenters. The van der Waals surface area contributed by atoms with Crippen molar-refractivity contribution in [3.8, 4) is 17.2 Å². The Morgan fingerprint density at radius 2 is 1.71 bits per heavy atom. The van der Waals surface area contributed by atoms with Gasteiger partial charge in [0, 0.05) is 0 Å². The first-order chi connectivity index (χ1) is 9.83. The average molecular weight is 292 g/mol. The fourth-order valence-electron chi connectivity index (χ4n) is 1.69. The molecule has 0 atom stereocenters. The smallest absolute Gasteiger partial charge is 0.316 e. The Bertz CT molecular complexity index is 487. The molecular weight excluding hydrogens is 268 g/mol. The van der Waals surface area contributed by atoms with Crippen molar-refractivity contribution in [2.24, 2.45) is 5.41 Å². The molecule has 0 saturated carbocycles. The summed E-state index contributed by atoms with van der Waals surface area (Å²) in [6, 6.07) is 3.72. The van der Waals surface area contributed by atoms with Gasteiger partial charge in [-0.3, -0.25) is 4.79 Å². The molecule has 116 valence electrons. The quantitative estimate of drug-likeness (QED) is 0.455. The first kappa shape index (κ1) is 17.1. The summed E-state index contributed by atoms with van der Waals surface area (Å²) in [4.78, 5) is 12.1. The minimum absolute atomic E-state index is 0.322. The van der Waals surface area contributed by atoms with Crippen LogP contribution in [-0.2, 0) is 11.2 Å². The van der Waals surface area contributed by atoms with E-state index in [0.29, 0.717) is 17.2 Å². The molecule has 0 fully saturated rings. The van der Waals surface area contributed by atoms with Gasteiger partial charge in [-0.25, -0.2) is 0 Å². The molecule has 0 aliphatic heterocycles. The molecule has 21 heavy (non-hydrogen) atoms. The number of esters is 1. The highest BCUT2D eigenvalue weighted by molar-refractivity contribution is 5.79. The number of methoxy groups -OCH3 is 2. The Morgan fingerprint density at radius 3 is 2.10 bits per heavy atom. The second-order valence-electron chi connectivity index (χ2n) is 5.80. The number of carbonyl (C=O) groups is 1. The second-order valence-corrected chi connectivity index (χ2v) is 5.80. The summed E-state index contributed by atoms with van der Waals surface area (Å²) in [5.41, 5.74) is 0.441. The Morgan fingerprint density at radius 1 is 1.19 bits per heavy atom. The van der Waals surface area contributed by atoms with Crippen molar-refractivity contribution >= 4 is 5.97 Å². The van der Waals surface area contributed by atoms with Crippen molar-refractivity contribution in [2.75, 3.05) is 14.2 Å². The van der Waals surface area contributed by atoms with E-state index in [9.17, 15) is 4.79 Å². The third kappa shape index (κ3) is 4.52. The van der Waals surface area contributed by atoms with E-state index < -0.39 is 5.41 Å². The number of allylic oxidation sites excluding steroid dienone is 1. The maximum atomic E-state index is 12.1. The Balaban J connectivity index is 3.17. The van der Waals surface area contributed by atoms with Crippen LogP contribution >= 0.6 is 0 Å². The normalized spacial score (nSPS) is 10.9. The largest absolute Gasteiger partial charge is 0.493 e. The molecule has 0 radical (unpaired) electrons. The number of benzene rings is 1. The molecule has 0 heterocycles. The molecule has 0 N–H and O–H groups in total. The zero-order valence-corrected chi connectivity index (χ0v) is 13.5. The fraction of sp³-hybridized carbons (Fsp3) is 0.471. The summed E-state index contributed by atoms with van der Waals surface area (Å²) < 4.78 is 16.2. The summed E-state index contributed by atoms with van der Waals surface area (Å²) in [6.07, 6.45) is 3.53. The van der Waals surface area contributed by atoms with Crippen molar-refractivity contribution < 1.29 is 19.0 Å². The average Bonchev–Trinajstić information content (AvgIpc) is 2.44. The first-order valence-corrected chi connectivity index (χ1v) is 6.91. The van der Waals surface area contributed by atoms with Crippen molar-refractivity contribution in [1.29, 1.82) is 0 Å². The lowest BCUT2D eigenvalue weighted by Crippen LogP contribution is -2.26. The van der Waals surface area contributed by atoms with Crippen LogP contribution in [0.5, 0.6) is 17.2 Å². The number of hydrogen-bond acceptors (Lipinski definition) is 4. The van der Waals surface area contributed by atoms with Crippen LogP contribution in [-0.4, -0.2) is 20.2 Å². The first-order valence-electron chi connectivity index (χ1n) is 6.91. The molecule has 0 spiro atoms. The molecule has 0 saturated heterocycles. The third-order valence-corrected chi connectivity index (χ3v) is 2.96. The maximum Gasteiger partial charge on any atom is 0.316 e. The molecule has 0 aliphatic carbocycles. The lowest BCUT2D eigenvalue weighted by molar-refractivity contribution is -0.143. The predicted octanol–water partition coefficient (Wildman–Crippen LogP) is 3.77. The summed E-state index contributed by atoms with van der Waals surface area (Å²) in [5.74, 6) is 0.970. The highest BCUT2D eigenvalue weighted by Crippen LogP contribution is 2.40. The number of ether oxygens (including phenoxy) is 3. The van der Waals surface area contributed by atoms with E-state index in [1.165, 1.54) is 0 Å². The van der Waals surface area contributed by atoms with Crippen LogP contribution in [0.4, 0.5) is 0 Å². The number of carbonyl (C=O) groups excluding carboxylic acids is 1. The summed E-state index contributed by atoms with van der Waals surface area (Å²) in [6.45, 7) is 9.11. The second kappa shape index (κ2) is 7.16. The highest BCUT2D eigenvalue weighted by Gasteiger charge is 2.27. The van der Waals surface area contributed by atoms with Crippen LogP contribution in [0.1, 0.15) is 32.8 Å². The fourth-order valence-corrected chi connectivity index (χ4v) is 1.69. The van der Waals surface area contributed by atoms with E-state index in [0.717, 1.165) is 18.4 Å². The van der Waals surface area contributed by atoms with E-state index in [4.69, 9.17) is 14.2 Å². The maximum absolute atomic E-state index is 12.1. The number of hydrogen-bond donors (Lipinski definition) is 0. The van der Waals surface area contributed by atoms with E-state index in [-0.39, 0.29) is 5.97 Å². The summed E-state index contributed by atoms with van der Waals surface area (Å²) in [7, 11) is 3.08. The van der Waals surface area contributed by atoms with Crippen LogP contribution in [0.25, 0.3) is 0 Å². The van der Waals surface area contributed by atoms with Gasteiger partial charge >= 0.3 is 5.97 Å². The van der Waals surface area contributed by atoms with E-state index in [2.05, 4.69) is 6.58 Å². The predicted molar refractivity (Wildman–Crippen MR) is 83.2 cm³/mol. The molecule has 0 amide bonds. The van der Waals surface area contributed by atoms with Crippen molar-refractivity contribution in [3.05, 3.63) is 30.4 Å². The lowest BCUT2D eigenvalue weighted by Gasteiger charge is -2.20. The van der Waals surface area contributed by atoms with Gasteiger partial charge in [-0.1, -0.05) is 6.08 Å². The van der Waals surface area contributed by atoms with Crippen LogP contribution in [0, 0.1) is 5.41 Å². The molecular formula is C17H24O4. The number of rotatable bonds is 6. The van der Waals surface area contributed by atoms with E-state index in [1.807, 2.05) is 18.2 Å². The van der Waals surface area contributed by atoms with Crippen LogP contribution in [0.2, 0.25) is 0 Å². The summed E-state index contributed by atoms with van der Waals surface area (Å²) in [5, 5.41) is 0. The minimum Gasteiger partial charge on any atom is -0.493 e. The minimum atomic E-state index is -0.600. The van der Waals surface area contributed by atoms with Crippen LogP contribution in [0.3, 0.4) is 0 Å². The molecule has 0 bridgehead atoms. The van der Waals surface area contributed by atoms with Crippen molar-refractivity contribution in [1.82, 2.24) is 0 Å². The van der Waals surface area contributed by atoms with Crippen molar-refractivity contribution in [2.45, 2.75) is 33.6 Å². The van der Waals surface area contributed by atoms with E-state index in [1.54, 1.807) is 35.0 Å². The molecule has 4 heteroatoms. The van der Waals surface area contributed by atoms with Gasteiger partial charge < -0.3 is 14.2 Å². The van der Waals surface area contributed by atoms with Crippen LogP contribution in [0.15, 0.2) is 24.8 Å². The standard InChI is InChI=1S/C17H24O4/c1-7-8-9-12-10-13(19-5)15(14(11-12)20-6)21-16(18)17(2,3)4/h7,10-11H,1,8-9H2,2-6H3. The van der Waals surface area contributed by atoms with E-state index >= 15 is 0 Å². The zero-order valence-electron chi connectivity index (χ0n) is 13.5. The molecule has 0 aliphatic rings. The van der Waals surface area contributed by atoms with Gasteiger partial charge in [-0.2, -0.15) is 0 Å². The highest BCUT2D eigenvalue weighted by atomic mass is 16.6. The number of aryl methyl sites for hydroxylation is 1. The molecule has 0 aromatic heterocycles. The monoisotopic (exact) mass is 292 g/mol. The molecule has 1 aromatic rings. The topological polar surface area (TPSA) is 44.8 Å². The van der Waals surface area contributed by atoms with Gasteiger partial charge in [-0.05, 0) is 51.3 Å². The van der Waals surface area contributed by atoms with Crippen molar-refractivity contribution in [3.63, 3.8) is 0 Å². The zero-order chi connectivity index (χ0) is 16.0. The SMILES string of the molecule is C=CCCc1cc(OC)c(OC(=O)C(C)(C)C)c(OC)c1. The van der Waals surface area contributed by atoms with Gasteiger partial charge in [0.15, 0.2) is 11.5 Å². The Hall–Kier alpha value is -1.97. The third-order valence-electron chi connectivity index (χ3n) is 2.96. The van der Waals surface area contributed by atoms with Gasteiger partial charge in [0.2, 0.25) is 5.75 Å². The molecule has 4 nitrogen and oxygen atoms in total. The van der Waals surface area contributed by atoms with Gasteiger partial charge in [0.25, 0.3) is 0 Å². The lowest BCUT2D eigenvalue weighted by atomic mass is 9.97. The van der Waals surface area contributed by atoms with Gasteiger partial charge in [-0.15, -0.1) is 6.58 Å². The Kier molecular flexibility index (Phi) is 5.82. The van der Waals surface area contributed by atoms with Gasteiger partial charge in [0.05, 0.1) is 19.6 Å². The Labute approximate surface area is 126 Å². The summed E-state index contributed by atoms with van der Waals surface area (Å²) >= 11 is 0. The van der Waals surface area contributed by atoms with Gasteiger partial charge in [0.1, 0.15) is 0 Å².